The molecule has 0 fully saturated rings. The summed E-state index contributed by atoms with van der Waals surface area (Å²) in [5.41, 5.74) is 2.47. The third kappa shape index (κ3) is 6.95. The molecule has 0 saturated heterocycles. The molecule has 11 nitrogen and oxygen atoms in total. The molecule has 0 saturated carbocycles. The molecule has 3 aromatic rings. The average molecular weight is 597 g/mol. The number of carbonyl (C=O) groups is 6. The first-order valence-electron chi connectivity index (χ1n) is 14.0. The number of benzene rings is 3. The molecule has 11 heteroatoms. The number of para-hydroxylation sites is 1. The predicted molar refractivity (Wildman–Crippen MR) is 163 cm³/mol. The molecule has 1 heterocycles. The second kappa shape index (κ2) is 14.1. The van der Waals surface area contributed by atoms with Crippen LogP contribution in [0.25, 0.3) is 0 Å². The van der Waals surface area contributed by atoms with Crippen molar-refractivity contribution >= 4 is 47.0 Å². The average Bonchev–Trinajstić information content (AvgIpc) is 3.14. The van der Waals surface area contributed by atoms with Gasteiger partial charge in [-0.3, -0.25) is 28.9 Å². The first kappa shape index (κ1) is 31.5. The number of carbonyl (C=O) groups excluding carboxylic acids is 6. The fourth-order valence-corrected chi connectivity index (χ4v) is 4.95. The van der Waals surface area contributed by atoms with E-state index in [-0.39, 0.29) is 23.5 Å². The molecule has 0 radical (unpaired) electrons. The summed E-state index contributed by atoms with van der Waals surface area (Å²) < 4.78 is 5.34. The Morgan fingerprint density at radius 1 is 1.00 bits per heavy atom. The van der Waals surface area contributed by atoms with E-state index in [1.54, 1.807) is 66.7 Å². The molecule has 3 aromatic carbocycles. The third-order valence-electron chi connectivity index (χ3n) is 6.99. The lowest BCUT2D eigenvalue weighted by Crippen LogP contribution is -2.52. The second-order valence-corrected chi connectivity index (χ2v) is 10.1. The van der Waals surface area contributed by atoms with Crippen molar-refractivity contribution in [2.45, 2.75) is 38.9 Å². The zero-order chi connectivity index (χ0) is 31.8. The molecule has 2 atom stereocenters. The summed E-state index contributed by atoms with van der Waals surface area (Å²) in [6, 6.07) is 19.6. The van der Waals surface area contributed by atoms with Gasteiger partial charge in [0.15, 0.2) is 0 Å². The van der Waals surface area contributed by atoms with Crippen LogP contribution in [-0.2, 0) is 30.4 Å². The summed E-state index contributed by atoms with van der Waals surface area (Å²) in [7, 11) is 1.39. The number of fused-ring (bicyclic) bond motifs is 1. The minimum absolute atomic E-state index is 0.0771. The van der Waals surface area contributed by atoms with Gasteiger partial charge in [0.1, 0.15) is 24.4 Å². The molecule has 44 heavy (non-hydrogen) atoms. The lowest BCUT2D eigenvalue weighted by molar-refractivity contribution is -0.127. The molecule has 0 spiro atoms. The normalized spacial score (nSPS) is 14.8. The number of aryl methyl sites for hydroxylation is 1. The number of aliphatic imine (C=N–C) groups is 1. The van der Waals surface area contributed by atoms with Gasteiger partial charge in [0.25, 0.3) is 17.6 Å². The number of nitrogens with one attached hydrogen (secondary N) is 2. The number of hydrogen-bond acceptors (Lipinski definition) is 8. The number of aldehydes is 1. The van der Waals surface area contributed by atoms with Gasteiger partial charge in [0.2, 0.25) is 12.1 Å². The van der Waals surface area contributed by atoms with Crippen molar-refractivity contribution in [2.75, 3.05) is 18.6 Å². The highest BCUT2D eigenvalue weighted by Gasteiger charge is 2.36. The number of anilines is 1. The first-order chi connectivity index (χ1) is 21.2. The number of ether oxygens (including phenoxy) is 1. The zero-order valence-corrected chi connectivity index (χ0v) is 24.5. The van der Waals surface area contributed by atoms with E-state index in [1.807, 2.05) is 13.0 Å². The van der Waals surface area contributed by atoms with Crippen LogP contribution in [0.5, 0.6) is 5.75 Å². The van der Waals surface area contributed by atoms with Gasteiger partial charge in [-0.1, -0.05) is 67.6 Å². The number of nitrogens with zero attached hydrogens (tertiary/aromatic N) is 2. The quantitative estimate of drug-likeness (QED) is 0.185. The molecule has 1 unspecified atom stereocenters. The molecule has 2 N–H and O–H groups in total. The zero-order valence-electron chi connectivity index (χ0n) is 24.5. The van der Waals surface area contributed by atoms with Crippen LogP contribution in [0.3, 0.4) is 0 Å². The molecular weight excluding hydrogens is 564 g/mol. The fraction of sp³-hybridized carbons (Fsp3) is 0.242. The highest BCUT2D eigenvalue weighted by molar-refractivity contribution is 6.44. The van der Waals surface area contributed by atoms with Gasteiger partial charge in [-0.15, -0.1) is 0 Å². The van der Waals surface area contributed by atoms with Crippen LogP contribution in [0.4, 0.5) is 5.69 Å². The number of amides is 3. The smallest absolute Gasteiger partial charge is 0.294 e. The molecule has 1 aliphatic heterocycles. The van der Waals surface area contributed by atoms with Crippen LogP contribution in [0, 0.1) is 0 Å². The van der Waals surface area contributed by atoms with Crippen molar-refractivity contribution in [3.63, 3.8) is 0 Å². The second-order valence-electron chi connectivity index (χ2n) is 10.1. The van der Waals surface area contributed by atoms with E-state index < -0.39 is 42.3 Å². The van der Waals surface area contributed by atoms with Crippen molar-refractivity contribution in [1.82, 2.24) is 10.6 Å². The fourth-order valence-electron chi connectivity index (χ4n) is 4.95. The SMILES string of the molecule is CCc1cccc(OC)c1C(=O)C(=O)NC1N=C(c2ccccc2)c2ccccc2N(CC(=O)N[C@H](C=O)CC(C)=O)C1=O. The summed E-state index contributed by atoms with van der Waals surface area (Å²) in [6.07, 6.45) is -0.899. The maximum Gasteiger partial charge on any atom is 0.294 e. The first-order valence-corrected chi connectivity index (χ1v) is 14.0. The van der Waals surface area contributed by atoms with Crippen molar-refractivity contribution in [2.24, 2.45) is 4.99 Å². The summed E-state index contributed by atoms with van der Waals surface area (Å²) in [6.45, 7) is 2.58. The maximum atomic E-state index is 14.1. The standard InChI is InChI=1S/C33H32N4O7/c1-4-21-13-10-16-26(44-3)28(21)30(41)32(42)36-31-33(43)37(18-27(40)34-23(19-38)17-20(2)39)25-15-9-8-14-24(25)29(35-31)22-11-6-5-7-12-22/h5-16,19,23,31H,4,17-18H2,1-3H3,(H,34,40)(H,36,42)/t23-,31?/m0/s1. The Labute approximate surface area is 254 Å². The highest BCUT2D eigenvalue weighted by atomic mass is 16.5. The van der Waals surface area contributed by atoms with Crippen LogP contribution in [0.2, 0.25) is 0 Å². The van der Waals surface area contributed by atoms with E-state index in [2.05, 4.69) is 15.6 Å². The van der Waals surface area contributed by atoms with E-state index >= 15 is 0 Å². The van der Waals surface area contributed by atoms with E-state index in [1.165, 1.54) is 14.0 Å². The summed E-state index contributed by atoms with van der Waals surface area (Å²) in [5, 5.41) is 4.94. The summed E-state index contributed by atoms with van der Waals surface area (Å²) in [4.78, 5) is 82.8. The van der Waals surface area contributed by atoms with Gasteiger partial charge >= 0.3 is 0 Å². The minimum atomic E-state index is -1.60. The molecule has 1 aliphatic rings. The Balaban J connectivity index is 1.75. The number of ketones is 2. The molecule has 4 rings (SSSR count). The Bertz CT molecular complexity index is 1610. The largest absolute Gasteiger partial charge is 0.496 e. The summed E-state index contributed by atoms with van der Waals surface area (Å²) >= 11 is 0. The summed E-state index contributed by atoms with van der Waals surface area (Å²) in [5.74, 6) is -3.58. The Kier molecular flexibility index (Phi) is 10.1. The van der Waals surface area contributed by atoms with Crippen molar-refractivity contribution in [3.8, 4) is 5.75 Å². The van der Waals surface area contributed by atoms with Gasteiger partial charge in [-0.05, 0) is 31.0 Å². The highest BCUT2D eigenvalue weighted by Crippen LogP contribution is 2.29. The molecule has 226 valence electrons. The van der Waals surface area contributed by atoms with Crippen LogP contribution in [0.15, 0.2) is 77.8 Å². The van der Waals surface area contributed by atoms with Gasteiger partial charge in [-0.2, -0.15) is 0 Å². The monoisotopic (exact) mass is 596 g/mol. The molecule has 3 amide bonds. The van der Waals surface area contributed by atoms with Crippen molar-refractivity contribution in [1.29, 1.82) is 0 Å². The van der Waals surface area contributed by atoms with E-state index in [4.69, 9.17) is 4.74 Å². The van der Waals surface area contributed by atoms with E-state index in [9.17, 15) is 28.8 Å². The molecule has 0 aliphatic carbocycles. The Hall–Kier alpha value is -5.45. The minimum Gasteiger partial charge on any atom is -0.496 e. The van der Waals surface area contributed by atoms with Crippen molar-refractivity contribution in [3.05, 3.63) is 95.1 Å². The lowest BCUT2D eigenvalue weighted by Gasteiger charge is -2.25. The lowest BCUT2D eigenvalue weighted by atomic mass is 9.99. The molecule has 0 bridgehead atoms. The van der Waals surface area contributed by atoms with Gasteiger partial charge in [0.05, 0.1) is 30.1 Å². The van der Waals surface area contributed by atoms with Gasteiger partial charge in [0, 0.05) is 17.5 Å². The van der Waals surface area contributed by atoms with Crippen LogP contribution in [-0.4, -0.2) is 67.1 Å². The number of benzodiazepines with no additional fused rings is 1. The topological polar surface area (TPSA) is 151 Å². The van der Waals surface area contributed by atoms with Crippen LogP contribution >= 0.6 is 0 Å². The molecule has 0 aromatic heterocycles. The van der Waals surface area contributed by atoms with E-state index in [0.717, 1.165) is 4.90 Å². The number of hydrogen-bond donors (Lipinski definition) is 2. The maximum absolute atomic E-state index is 14.1. The molecular formula is C33H32N4O7. The van der Waals surface area contributed by atoms with Crippen LogP contribution in [0.1, 0.15) is 47.3 Å². The van der Waals surface area contributed by atoms with Crippen molar-refractivity contribution < 1.29 is 33.5 Å². The third-order valence-corrected chi connectivity index (χ3v) is 6.99. The van der Waals surface area contributed by atoms with Crippen LogP contribution < -0.4 is 20.3 Å². The number of methoxy groups -OCH3 is 1. The Morgan fingerprint density at radius 2 is 1.70 bits per heavy atom. The predicted octanol–water partition coefficient (Wildman–Crippen LogP) is 2.43. The Morgan fingerprint density at radius 3 is 2.36 bits per heavy atom. The number of Topliss-reactive ketones (excluding diaryl/α,β-unsaturated/α-hetero) is 2. The van der Waals surface area contributed by atoms with E-state index in [0.29, 0.717) is 40.8 Å². The van der Waals surface area contributed by atoms with Gasteiger partial charge < -0.3 is 20.2 Å². The number of rotatable bonds is 12. The van der Waals surface area contributed by atoms with Gasteiger partial charge in [-0.25, -0.2) is 4.99 Å².